The van der Waals surface area contributed by atoms with Gasteiger partial charge in [0.25, 0.3) is 0 Å². The van der Waals surface area contributed by atoms with Crippen molar-refractivity contribution < 1.29 is 27.4 Å². The minimum Gasteiger partial charge on any atom is -0.388 e. The van der Waals surface area contributed by atoms with Gasteiger partial charge in [-0.2, -0.15) is 4.98 Å². The zero-order valence-corrected chi connectivity index (χ0v) is 26.5. The van der Waals surface area contributed by atoms with E-state index in [9.17, 15) is 27.4 Å². The molecule has 14 heteroatoms. The first-order valence-corrected chi connectivity index (χ1v) is 18.0. The standard InChI is InChI=1S/C31H34F2N6O4S2/c1-16-24(29-36-26-23(44-29)11-13-34-25(26)17-6-7-17)28(38-31(41)12-10-18(27(31)40)15-45(2,42)43)37-30(35-16)39(19-8-9-19)14-20-21(32)4-3-5-22(20)33/h3-5,11,13,17-19,27,40-41H,6-10,12,14-15H2,1-2H3,(H,35,37,38). The number of aromatic nitrogens is 4. The van der Waals surface area contributed by atoms with Gasteiger partial charge in [0.1, 0.15) is 43.9 Å². The number of nitrogens with one attached hydrogen (secondary N) is 1. The molecule has 10 nitrogen and oxygen atoms in total. The fourth-order valence-electron chi connectivity index (χ4n) is 6.28. The van der Waals surface area contributed by atoms with Crippen LogP contribution in [-0.2, 0) is 16.4 Å². The Morgan fingerprint density at radius 1 is 1.09 bits per heavy atom. The summed E-state index contributed by atoms with van der Waals surface area (Å²) >= 11 is 1.44. The van der Waals surface area contributed by atoms with E-state index in [2.05, 4.69) is 10.3 Å². The Morgan fingerprint density at radius 2 is 1.82 bits per heavy atom. The van der Waals surface area contributed by atoms with Crippen LogP contribution in [-0.4, -0.2) is 68.4 Å². The molecular formula is C31H34F2N6O4S2. The average molecular weight is 657 g/mol. The first kappa shape index (κ1) is 30.3. The second kappa shape index (κ2) is 11.2. The molecule has 3 aliphatic carbocycles. The number of aliphatic hydroxyl groups is 2. The lowest BCUT2D eigenvalue weighted by Crippen LogP contribution is -2.48. The summed E-state index contributed by atoms with van der Waals surface area (Å²) < 4.78 is 54.5. The summed E-state index contributed by atoms with van der Waals surface area (Å²) in [5, 5.41) is 26.5. The summed E-state index contributed by atoms with van der Waals surface area (Å²) in [5.41, 5.74) is 0.801. The van der Waals surface area contributed by atoms with Gasteiger partial charge in [0.2, 0.25) is 5.95 Å². The molecule has 3 aliphatic rings. The summed E-state index contributed by atoms with van der Waals surface area (Å²) in [6.45, 7) is 1.69. The number of sulfone groups is 1. The van der Waals surface area contributed by atoms with Gasteiger partial charge < -0.3 is 20.4 Å². The van der Waals surface area contributed by atoms with E-state index in [1.807, 2.05) is 6.07 Å². The lowest BCUT2D eigenvalue weighted by Gasteiger charge is -2.32. The third kappa shape index (κ3) is 6.00. The topological polar surface area (TPSA) is 141 Å². The Kier molecular flexibility index (Phi) is 7.53. The molecule has 3 heterocycles. The van der Waals surface area contributed by atoms with Crippen LogP contribution in [0.5, 0.6) is 0 Å². The van der Waals surface area contributed by atoms with E-state index >= 15 is 0 Å². The largest absolute Gasteiger partial charge is 0.388 e. The smallest absolute Gasteiger partial charge is 0.228 e. The molecule has 0 radical (unpaired) electrons. The monoisotopic (exact) mass is 656 g/mol. The zero-order valence-electron chi connectivity index (χ0n) is 24.9. The molecule has 0 bridgehead atoms. The van der Waals surface area contributed by atoms with Gasteiger partial charge in [0, 0.05) is 35.9 Å². The quantitative estimate of drug-likeness (QED) is 0.206. The van der Waals surface area contributed by atoms with Gasteiger partial charge >= 0.3 is 0 Å². The second-order valence-electron chi connectivity index (χ2n) is 12.6. The third-order valence-electron chi connectivity index (χ3n) is 8.91. The third-order valence-corrected chi connectivity index (χ3v) is 11.0. The maximum Gasteiger partial charge on any atom is 0.228 e. The number of rotatable bonds is 10. The minimum atomic E-state index is -3.41. The van der Waals surface area contributed by atoms with Crippen LogP contribution in [0.25, 0.3) is 20.8 Å². The van der Waals surface area contributed by atoms with Crippen molar-refractivity contribution in [3.63, 3.8) is 0 Å². The number of fused-ring (bicyclic) bond motifs is 1. The van der Waals surface area contributed by atoms with E-state index < -0.39 is 39.2 Å². The van der Waals surface area contributed by atoms with Gasteiger partial charge in [-0.15, -0.1) is 11.3 Å². The molecule has 3 N–H and O–H groups in total. The van der Waals surface area contributed by atoms with Crippen molar-refractivity contribution >= 4 is 43.2 Å². The van der Waals surface area contributed by atoms with Gasteiger partial charge in [-0.05, 0) is 63.6 Å². The Hall–Kier alpha value is -3.33. The van der Waals surface area contributed by atoms with Crippen LogP contribution >= 0.6 is 11.3 Å². The van der Waals surface area contributed by atoms with E-state index in [1.165, 1.54) is 29.5 Å². The summed E-state index contributed by atoms with van der Waals surface area (Å²) in [5.74, 6) is -1.49. The summed E-state index contributed by atoms with van der Waals surface area (Å²) in [4.78, 5) is 20.9. The molecule has 3 saturated carbocycles. The van der Waals surface area contributed by atoms with Crippen LogP contribution in [0.15, 0.2) is 30.5 Å². The van der Waals surface area contributed by atoms with E-state index in [0.717, 1.165) is 47.8 Å². The van der Waals surface area contributed by atoms with Crippen molar-refractivity contribution in [3.8, 4) is 10.6 Å². The summed E-state index contributed by atoms with van der Waals surface area (Å²) in [6, 6.07) is 5.62. The fourth-order valence-corrected chi connectivity index (χ4v) is 8.47. The van der Waals surface area contributed by atoms with Gasteiger partial charge in [-0.1, -0.05) is 6.07 Å². The number of halogens is 2. The molecule has 3 aromatic heterocycles. The van der Waals surface area contributed by atoms with E-state index in [1.54, 1.807) is 18.0 Å². The lowest BCUT2D eigenvalue weighted by molar-refractivity contribution is -0.0442. The highest BCUT2D eigenvalue weighted by Gasteiger charge is 2.48. The molecule has 45 heavy (non-hydrogen) atoms. The molecule has 3 fully saturated rings. The number of nitrogens with zero attached hydrogens (tertiary/aromatic N) is 5. The predicted molar refractivity (Wildman–Crippen MR) is 168 cm³/mol. The molecule has 3 unspecified atom stereocenters. The maximum atomic E-state index is 14.7. The van der Waals surface area contributed by atoms with Crippen molar-refractivity contribution in [1.29, 1.82) is 0 Å². The van der Waals surface area contributed by atoms with Crippen LogP contribution in [0.2, 0.25) is 0 Å². The van der Waals surface area contributed by atoms with Crippen molar-refractivity contribution in [2.24, 2.45) is 5.92 Å². The Balaban J connectivity index is 1.33. The Labute approximate surface area is 263 Å². The van der Waals surface area contributed by atoms with Crippen LogP contribution < -0.4 is 10.2 Å². The van der Waals surface area contributed by atoms with Gasteiger partial charge in [0.05, 0.1) is 33.9 Å². The second-order valence-corrected chi connectivity index (χ2v) is 15.8. The number of aryl methyl sites for hydroxylation is 1. The molecule has 7 rings (SSSR count). The predicted octanol–water partition coefficient (Wildman–Crippen LogP) is 4.70. The minimum absolute atomic E-state index is 0.0315. The highest BCUT2D eigenvalue weighted by Crippen LogP contribution is 2.46. The van der Waals surface area contributed by atoms with Crippen molar-refractivity contribution in [1.82, 2.24) is 19.9 Å². The zero-order chi connectivity index (χ0) is 31.7. The normalized spacial score (nSPS) is 23.5. The van der Waals surface area contributed by atoms with Crippen molar-refractivity contribution in [2.45, 2.75) is 75.8 Å². The van der Waals surface area contributed by atoms with E-state index in [0.29, 0.717) is 22.2 Å². The first-order chi connectivity index (χ1) is 21.4. The first-order valence-electron chi connectivity index (χ1n) is 15.1. The molecule has 3 atom stereocenters. The molecule has 0 spiro atoms. The summed E-state index contributed by atoms with van der Waals surface area (Å²) in [7, 11) is -3.41. The molecule has 0 saturated heterocycles. The highest BCUT2D eigenvalue weighted by atomic mass is 32.2. The fraction of sp³-hybridized carbons (Fsp3) is 0.484. The van der Waals surface area contributed by atoms with Crippen molar-refractivity contribution in [2.75, 3.05) is 22.2 Å². The van der Waals surface area contributed by atoms with Crippen LogP contribution in [0.3, 0.4) is 0 Å². The van der Waals surface area contributed by atoms with Gasteiger partial charge in [0.15, 0.2) is 5.72 Å². The van der Waals surface area contributed by atoms with E-state index in [4.69, 9.17) is 15.0 Å². The van der Waals surface area contributed by atoms with Gasteiger partial charge in [-0.25, -0.2) is 27.2 Å². The maximum absolute atomic E-state index is 14.7. The van der Waals surface area contributed by atoms with Crippen LogP contribution in [0.1, 0.15) is 61.4 Å². The van der Waals surface area contributed by atoms with Crippen LogP contribution in [0.4, 0.5) is 20.5 Å². The molecule has 0 aliphatic heterocycles. The van der Waals surface area contributed by atoms with Crippen molar-refractivity contribution in [3.05, 3.63) is 59.0 Å². The number of pyridine rings is 1. The lowest BCUT2D eigenvalue weighted by atomic mass is 10.0. The molecule has 0 amide bonds. The highest BCUT2D eigenvalue weighted by molar-refractivity contribution is 7.90. The molecule has 1 aromatic carbocycles. The SMILES string of the molecule is Cc1nc(N(Cc2c(F)cccc2F)C2CC2)nc(NC2(O)CCC(CS(C)(=O)=O)C2O)c1-c1nc2c(C3CC3)nccc2s1. The molecule has 4 aromatic rings. The van der Waals surface area contributed by atoms with Gasteiger partial charge in [-0.3, -0.25) is 4.98 Å². The average Bonchev–Trinajstić information content (AvgIpc) is 3.90. The molecule has 238 valence electrons. The number of anilines is 2. The van der Waals surface area contributed by atoms with E-state index in [-0.39, 0.29) is 48.5 Å². The number of hydrogen-bond donors (Lipinski definition) is 3. The Bertz CT molecular complexity index is 1880. The number of thiazole rings is 1. The van der Waals surface area contributed by atoms with Crippen LogP contribution in [0, 0.1) is 24.5 Å². The Morgan fingerprint density at radius 3 is 2.49 bits per heavy atom. The summed E-state index contributed by atoms with van der Waals surface area (Å²) in [6.07, 6.45) is 5.55. The molecular weight excluding hydrogens is 623 g/mol. The number of benzene rings is 1. The number of hydrogen-bond acceptors (Lipinski definition) is 11. The number of aliphatic hydroxyl groups excluding tert-OH is 1.